The van der Waals surface area contributed by atoms with E-state index < -0.39 is 16.0 Å². The number of ketones is 1. The van der Waals surface area contributed by atoms with E-state index in [0.717, 1.165) is 12.3 Å². The van der Waals surface area contributed by atoms with Crippen LogP contribution in [0.1, 0.15) is 10.4 Å². The summed E-state index contributed by atoms with van der Waals surface area (Å²) in [5.74, 6) is -0.352. The molecule has 0 bridgehead atoms. The maximum absolute atomic E-state index is 12.1. The van der Waals surface area contributed by atoms with Gasteiger partial charge in [-0.15, -0.1) is 0 Å². The third-order valence-electron chi connectivity index (χ3n) is 2.71. The van der Waals surface area contributed by atoms with Gasteiger partial charge in [-0.25, -0.2) is 0 Å². The third-order valence-corrected chi connectivity index (χ3v) is 3.26. The zero-order valence-electron chi connectivity index (χ0n) is 10.5. The second-order valence-corrected chi connectivity index (χ2v) is 5.01. The van der Waals surface area contributed by atoms with E-state index in [2.05, 4.69) is 0 Å². The van der Waals surface area contributed by atoms with Crippen molar-refractivity contribution >= 4 is 34.7 Å². The van der Waals surface area contributed by atoms with Gasteiger partial charge in [-0.1, -0.05) is 23.2 Å². The zero-order chi connectivity index (χ0) is 15.6. The Kier molecular flexibility index (Phi) is 4.40. The van der Waals surface area contributed by atoms with Crippen LogP contribution in [-0.2, 0) is 6.54 Å². The Morgan fingerprint density at radius 2 is 2.00 bits per heavy atom. The molecule has 1 heterocycles. The van der Waals surface area contributed by atoms with Crippen LogP contribution in [0.2, 0.25) is 10.0 Å². The molecule has 1 aromatic carbocycles. The highest BCUT2D eigenvalue weighted by Crippen LogP contribution is 2.21. The van der Waals surface area contributed by atoms with Gasteiger partial charge in [0.05, 0.1) is 22.7 Å². The lowest BCUT2D eigenvalue weighted by Crippen LogP contribution is -2.15. The van der Waals surface area contributed by atoms with Gasteiger partial charge in [0.1, 0.15) is 0 Å². The second kappa shape index (κ2) is 6.07. The van der Waals surface area contributed by atoms with Crippen LogP contribution in [0.15, 0.2) is 41.5 Å². The van der Waals surface area contributed by atoms with Gasteiger partial charge in [0, 0.05) is 22.8 Å². The molecule has 0 aliphatic carbocycles. The SMILES string of the molecule is O=C(Cn1ccc(=O)c([N+](=O)[O-])c1)c1ccc(Cl)cc1Cl. The van der Waals surface area contributed by atoms with Gasteiger partial charge >= 0.3 is 5.69 Å². The molecular weight excluding hydrogens is 319 g/mol. The molecule has 0 unspecified atom stereocenters. The number of rotatable bonds is 4. The first kappa shape index (κ1) is 15.2. The molecule has 0 N–H and O–H groups in total. The summed E-state index contributed by atoms with van der Waals surface area (Å²) in [6.45, 7) is -0.178. The topological polar surface area (TPSA) is 82.2 Å². The van der Waals surface area contributed by atoms with E-state index in [1.807, 2.05) is 0 Å². The van der Waals surface area contributed by atoms with Crippen LogP contribution in [0.3, 0.4) is 0 Å². The average molecular weight is 327 g/mol. The van der Waals surface area contributed by atoms with E-state index in [-0.39, 0.29) is 22.9 Å². The molecule has 1 aromatic heterocycles. The molecule has 0 spiro atoms. The first-order chi connectivity index (χ1) is 9.88. The maximum atomic E-state index is 12.1. The Morgan fingerprint density at radius 3 is 2.62 bits per heavy atom. The molecule has 0 saturated heterocycles. The fraction of sp³-hybridized carbons (Fsp3) is 0.0769. The van der Waals surface area contributed by atoms with Gasteiger partial charge in [-0.2, -0.15) is 0 Å². The van der Waals surface area contributed by atoms with Crippen LogP contribution in [-0.4, -0.2) is 15.3 Å². The number of hydrogen-bond acceptors (Lipinski definition) is 4. The Hall–Kier alpha value is -2.18. The summed E-state index contributed by atoms with van der Waals surface area (Å²) >= 11 is 11.7. The second-order valence-electron chi connectivity index (χ2n) is 4.17. The van der Waals surface area contributed by atoms with E-state index in [9.17, 15) is 19.7 Å². The summed E-state index contributed by atoms with van der Waals surface area (Å²) in [6.07, 6.45) is 2.32. The number of benzene rings is 1. The molecule has 0 fully saturated rings. The first-order valence-corrected chi connectivity index (χ1v) is 6.47. The van der Waals surface area contributed by atoms with Crippen molar-refractivity contribution in [2.45, 2.75) is 6.54 Å². The van der Waals surface area contributed by atoms with E-state index in [1.165, 1.54) is 29.0 Å². The Morgan fingerprint density at radius 1 is 1.29 bits per heavy atom. The average Bonchev–Trinajstić information content (AvgIpc) is 2.40. The minimum absolute atomic E-state index is 0.178. The van der Waals surface area contributed by atoms with Crippen molar-refractivity contribution in [1.29, 1.82) is 0 Å². The molecule has 0 radical (unpaired) electrons. The van der Waals surface area contributed by atoms with Crippen LogP contribution in [0, 0.1) is 10.1 Å². The Balaban J connectivity index is 2.29. The monoisotopic (exact) mass is 326 g/mol. The number of Topliss-reactive ketones (excluding diaryl/α,β-unsaturated/α-hetero) is 1. The molecule has 0 aliphatic heterocycles. The quantitative estimate of drug-likeness (QED) is 0.491. The van der Waals surface area contributed by atoms with Crippen molar-refractivity contribution in [1.82, 2.24) is 4.57 Å². The third kappa shape index (κ3) is 3.48. The molecule has 21 heavy (non-hydrogen) atoms. The van der Waals surface area contributed by atoms with Gasteiger partial charge in [-0.05, 0) is 18.2 Å². The molecule has 0 aliphatic rings. The maximum Gasteiger partial charge on any atom is 0.332 e. The van der Waals surface area contributed by atoms with Gasteiger partial charge in [0.2, 0.25) is 0 Å². The van der Waals surface area contributed by atoms with Crippen LogP contribution in [0.5, 0.6) is 0 Å². The number of nitro groups is 1. The normalized spacial score (nSPS) is 10.4. The van der Waals surface area contributed by atoms with Crippen LogP contribution < -0.4 is 5.43 Å². The van der Waals surface area contributed by atoms with Crippen molar-refractivity contribution in [3.05, 3.63) is 72.6 Å². The molecular formula is C13H8Cl2N2O4. The van der Waals surface area contributed by atoms with Crippen LogP contribution >= 0.6 is 23.2 Å². The molecule has 2 aromatic rings. The number of halogens is 2. The van der Waals surface area contributed by atoms with Gasteiger partial charge in [-0.3, -0.25) is 19.7 Å². The summed E-state index contributed by atoms with van der Waals surface area (Å²) in [6, 6.07) is 5.47. The predicted molar refractivity (Wildman–Crippen MR) is 78.1 cm³/mol. The van der Waals surface area contributed by atoms with E-state index in [0.29, 0.717) is 5.02 Å². The van der Waals surface area contributed by atoms with Gasteiger partial charge in [0.25, 0.3) is 5.43 Å². The standard InChI is InChI=1S/C13H8Cl2N2O4/c14-8-1-2-9(10(15)5-8)13(19)7-16-4-3-12(18)11(6-16)17(20)21/h1-6H,7H2. The summed E-state index contributed by atoms with van der Waals surface area (Å²) < 4.78 is 1.26. The number of pyridine rings is 1. The molecule has 108 valence electrons. The Labute approximate surface area is 128 Å². The first-order valence-electron chi connectivity index (χ1n) is 5.71. The molecule has 6 nitrogen and oxygen atoms in total. The molecule has 8 heteroatoms. The van der Waals surface area contributed by atoms with Gasteiger partial charge < -0.3 is 4.57 Å². The summed E-state index contributed by atoms with van der Waals surface area (Å²) in [4.78, 5) is 33.3. The Bertz CT molecular complexity index is 786. The predicted octanol–water partition coefficient (Wildman–Crippen LogP) is 2.95. The number of carbonyl (C=O) groups is 1. The van der Waals surface area contributed by atoms with E-state index >= 15 is 0 Å². The van der Waals surface area contributed by atoms with Crippen LogP contribution in [0.25, 0.3) is 0 Å². The fourth-order valence-electron chi connectivity index (χ4n) is 1.71. The largest absolute Gasteiger partial charge is 0.340 e. The summed E-state index contributed by atoms with van der Waals surface area (Å²) in [5, 5.41) is 11.3. The number of aromatic nitrogens is 1. The smallest absolute Gasteiger partial charge is 0.332 e. The molecule has 0 amide bonds. The van der Waals surface area contributed by atoms with Crippen molar-refractivity contribution in [2.24, 2.45) is 0 Å². The van der Waals surface area contributed by atoms with Crippen molar-refractivity contribution in [3.8, 4) is 0 Å². The summed E-state index contributed by atoms with van der Waals surface area (Å²) in [7, 11) is 0. The number of nitrogens with zero attached hydrogens (tertiary/aromatic N) is 2. The van der Waals surface area contributed by atoms with Crippen molar-refractivity contribution in [2.75, 3.05) is 0 Å². The minimum atomic E-state index is -0.793. The highest BCUT2D eigenvalue weighted by Gasteiger charge is 2.15. The minimum Gasteiger partial charge on any atom is -0.340 e. The van der Waals surface area contributed by atoms with Gasteiger partial charge in [0.15, 0.2) is 5.78 Å². The van der Waals surface area contributed by atoms with E-state index in [1.54, 1.807) is 0 Å². The lowest BCUT2D eigenvalue weighted by Gasteiger charge is -2.07. The van der Waals surface area contributed by atoms with Crippen molar-refractivity contribution in [3.63, 3.8) is 0 Å². The molecule has 0 saturated carbocycles. The number of carbonyl (C=O) groups excluding carboxylic acids is 1. The van der Waals surface area contributed by atoms with Crippen molar-refractivity contribution < 1.29 is 9.72 Å². The lowest BCUT2D eigenvalue weighted by molar-refractivity contribution is -0.386. The highest BCUT2D eigenvalue weighted by atomic mass is 35.5. The molecule has 0 atom stereocenters. The number of hydrogen-bond donors (Lipinski definition) is 0. The van der Waals surface area contributed by atoms with Crippen LogP contribution in [0.4, 0.5) is 5.69 Å². The van der Waals surface area contributed by atoms with E-state index in [4.69, 9.17) is 23.2 Å². The zero-order valence-corrected chi connectivity index (χ0v) is 12.0. The lowest BCUT2D eigenvalue weighted by atomic mass is 10.1. The molecule has 2 rings (SSSR count). The summed E-state index contributed by atoms with van der Waals surface area (Å²) in [5.41, 5.74) is -1.05. The highest BCUT2D eigenvalue weighted by molar-refractivity contribution is 6.36. The fourth-order valence-corrected chi connectivity index (χ4v) is 2.23.